The van der Waals surface area contributed by atoms with Gasteiger partial charge in [0.1, 0.15) is 0 Å². The molecule has 0 fully saturated rings. The fourth-order valence-corrected chi connectivity index (χ4v) is 2.35. The van der Waals surface area contributed by atoms with Crippen molar-refractivity contribution in [3.8, 4) is 0 Å². The average molecular weight is 262 g/mol. The lowest BCUT2D eigenvalue weighted by atomic mass is 10.0. The minimum atomic E-state index is 0.779. The zero-order valence-corrected chi connectivity index (χ0v) is 13.1. The van der Waals surface area contributed by atoms with E-state index < -0.39 is 0 Å². The fraction of sp³-hybridized carbons (Fsp3) is 0.647. The SMILES string of the molecule is CCC(CC)CNc1ccccc1CN(CC)CC. The normalized spacial score (nSPS) is 11.3. The maximum atomic E-state index is 3.64. The van der Waals surface area contributed by atoms with Gasteiger partial charge in [0.15, 0.2) is 0 Å². The summed E-state index contributed by atoms with van der Waals surface area (Å²) in [5.74, 6) is 0.779. The average Bonchev–Trinajstić information content (AvgIpc) is 2.47. The zero-order valence-electron chi connectivity index (χ0n) is 13.1. The number of para-hydroxylation sites is 1. The predicted molar refractivity (Wildman–Crippen MR) is 85.6 cm³/mol. The van der Waals surface area contributed by atoms with E-state index >= 15 is 0 Å². The monoisotopic (exact) mass is 262 g/mol. The Morgan fingerprint density at radius 2 is 1.63 bits per heavy atom. The maximum Gasteiger partial charge on any atom is 0.0385 e. The third-order valence-electron chi connectivity index (χ3n) is 4.04. The molecule has 0 saturated heterocycles. The highest BCUT2D eigenvalue weighted by Gasteiger charge is 2.08. The van der Waals surface area contributed by atoms with Crippen LogP contribution in [0.5, 0.6) is 0 Å². The third-order valence-corrected chi connectivity index (χ3v) is 4.04. The Morgan fingerprint density at radius 1 is 1.00 bits per heavy atom. The summed E-state index contributed by atoms with van der Waals surface area (Å²) in [4.78, 5) is 2.46. The second kappa shape index (κ2) is 8.98. The zero-order chi connectivity index (χ0) is 14.1. The first-order valence-electron chi connectivity index (χ1n) is 7.79. The summed E-state index contributed by atoms with van der Waals surface area (Å²) in [7, 11) is 0. The van der Waals surface area contributed by atoms with Gasteiger partial charge < -0.3 is 5.32 Å². The van der Waals surface area contributed by atoms with E-state index in [1.807, 2.05) is 0 Å². The highest BCUT2D eigenvalue weighted by Crippen LogP contribution is 2.18. The Kier molecular flexibility index (Phi) is 7.57. The van der Waals surface area contributed by atoms with Gasteiger partial charge in [-0.2, -0.15) is 0 Å². The Hall–Kier alpha value is -1.02. The van der Waals surface area contributed by atoms with Crippen molar-refractivity contribution >= 4 is 5.69 Å². The molecule has 0 heterocycles. The van der Waals surface area contributed by atoms with E-state index in [0.717, 1.165) is 32.1 Å². The summed E-state index contributed by atoms with van der Waals surface area (Å²) in [6.45, 7) is 13.3. The number of hydrogen-bond acceptors (Lipinski definition) is 2. The largest absolute Gasteiger partial charge is 0.385 e. The number of anilines is 1. The van der Waals surface area contributed by atoms with Crippen molar-refractivity contribution in [1.82, 2.24) is 4.90 Å². The van der Waals surface area contributed by atoms with Crippen molar-refractivity contribution in [2.75, 3.05) is 25.0 Å². The number of benzene rings is 1. The Balaban J connectivity index is 2.67. The first-order valence-corrected chi connectivity index (χ1v) is 7.79. The van der Waals surface area contributed by atoms with Crippen molar-refractivity contribution in [2.45, 2.75) is 47.1 Å². The van der Waals surface area contributed by atoms with Crippen LogP contribution in [-0.2, 0) is 6.54 Å². The second-order valence-corrected chi connectivity index (χ2v) is 5.18. The highest BCUT2D eigenvalue weighted by molar-refractivity contribution is 5.51. The van der Waals surface area contributed by atoms with Crippen LogP contribution in [0.4, 0.5) is 5.69 Å². The molecule has 0 unspecified atom stereocenters. The van der Waals surface area contributed by atoms with Gasteiger partial charge in [-0.3, -0.25) is 4.90 Å². The van der Waals surface area contributed by atoms with Crippen LogP contribution in [0.1, 0.15) is 46.1 Å². The van der Waals surface area contributed by atoms with Crippen molar-refractivity contribution in [2.24, 2.45) is 5.92 Å². The van der Waals surface area contributed by atoms with Crippen LogP contribution >= 0.6 is 0 Å². The fourth-order valence-electron chi connectivity index (χ4n) is 2.35. The highest BCUT2D eigenvalue weighted by atomic mass is 15.1. The number of nitrogens with zero attached hydrogens (tertiary/aromatic N) is 1. The molecule has 2 heteroatoms. The summed E-state index contributed by atoms with van der Waals surface area (Å²) in [6, 6.07) is 8.72. The van der Waals surface area contributed by atoms with Gasteiger partial charge in [-0.1, -0.05) is 58.7 Å². The van der Waals surface area contributed by atoms with E-state index in [-0.39, 0.29) is 0 Å². The van der Waals surface area contributed by atoms with Gasteiger partial charge >= 0.3 is 0 Å². The molecule has 0 radical (unpaired) electrons. The van der Waals surface area contributed by atoms with Gasteiger partial charge in [-0.15, -0.1) is 0 Å². The topological polar surface area (TPSA) is 15.3 Å². The van der Waals surface area contributed by atoms with E-state index in [9.17, 15) is 0 Å². The molecule has 2 nitrogen and oxygen atoms in total. The molecule has 0 saturated carbocycles. The van der Waals surface area contributed by atoms with E-state index in [2.05, 4.69) is 62.2 Å². The summed E-state index contributed by atoms with van der Waals surface area (Å²) < 4.78 is 0. The molecule has 1 rings (SSSR count). The molecule has 1 N–H and O–H groups in total. The van der Waals surface area contributed by atoms with Gasteiger partial charge in [0.05, 0.1) is 0 Å². The molecule has 19 heavy (non-hydrogen) atoms. The molecule has 0 aromatic heterocycles. The molecule has 0 atom stereocenters. The third kappa shape index (κ3) is 5.23. The molecular formula is C17H30N2. The quantitative estimate of drug-likeness (QED) is 0.710. The Bertz CT molecular complexity index is 341. The summed E-state index contributed by atoms with van der Waals surface area (Å²) in [6.07, 6.45) is 2.50. The van der Waals surface area contributed by atoms with E-state index in [0.29, 0.717) is 0 Å². The van der Waals surface area contributed by atoms with E-state index in [4.69, 9.17) is 0 Å². The molecule has 0 amide bonds. The lowest BCUT2D eigenvalue weighted by Crippen LogP contribution is -2.23. The van der Waals surface area contributed by atoms with Crippen LogP contribution in [0.15, 0.2) is 24.3 Å². The van der Waals surface area contributed by atoms with Crippen LogP contribution in [-0.4, -0.2) is 24.5 Å². The summed E-state index contributed by atoms with van der Waals surface area (Å²) in [5.41, 5.74) is 2.72. The minimum absolute atomic E-state index is 0.779. The lowest BCUT2D eigenvalue weighted by molar-refractivity contribution is 0.296. The molecule has 0 aliphatic rings. The Morgan fingerprint density at radius 3 is 2.21 bits per heavy atom. The second-order valence-electron chi connectivity index (χ2n) is 5.18. The maximum absolute atomic E-state index is 3.64. The van der Waals surface area contributed by atoms with Gasteiger partial charge in [0.25, 0.3) is 0 Å². The van der Waals surface area contributed by atoms with Crippen molar-refractivity contribution in [1.29, 1.82) is 0 Å². The van der Waals surface area contributed by atoms with Crippen molar-refractivity contribution < 1.29 is 0 Å². The number of rotatable bonds is 9. The number of hydrogen-bond donors (Lipinski definition) is 1. The van der Waals surface area contributed by atoms with Crippen molar-refractivity contribution in [3.05, 3.63) is 29.8 Å². The smallest absolute Gasteiger partial charge is 0.0385 e. The van der Waals surface area contributed by atoms with Gasteiger partial charge in [-0.05, 0) is 30.6 Å². The summed E-state index contributed by atoms with van der Waals surface area (Å²) >= 11 is 0. The molecule has 0 spiro atoms. The molecule has 0 aliphatic heterocycles. The van der Waals surface area contributed by atoms with Crippen LogP contribution < -0.4 is 5.32 Å². The molecule has 108 valence electrons. The minimum Gasteiger partial charge on any atom is -0.385 e. The lowest BCUT2D eigenvalue weighted by Gasteiger charge is -2.22. The van der Waals surface area contributed by atoms with Gasteiger partial charge in [0.2, 0.25) is 0 Å². The predicted octanol–water partition coefficient (Wildman–Crippen LogP) is 4.38. The van der Waals surface area contributed by atoms with Crippen molar-refractivity contribution in [3.63, 3.8) is 0 Å². The van der Waals surface area contributed by atoms with Crippen LogP contribution in [0.25, 0.3) is 0 Å². The van der Waals surface area contributed by atoms with Gasteiger partial charge in [-0.25, -0.2) is 0 Å². The first kappa shape index (κ1) is 16.0. The standard InChI is InChI=1S/C17H30N2/c1-5-15(6-2)13-18-17-12-10-9-11-16(17)14-19(7-3)8-4/h9-12,15,18H,5-8,13-14H2,1-4H3. The molecular weight excluding hydrogens is 232 g/mol. The van der Waals surface area contributed by atoms with Crippen LogP contribution in [0.2, 0.25) is 0 Å². The Labute approximate surface area is 119 Å². The first-order chi connectivity index (χ1) is 9.24. The van der Waals surface area contributed by atoms with Gasteiger partial charge in [0, 0.05) is 18.8 Å². The van der Waals surface area contributed by atoms with E-state index in [1.165, 1.54) is 24.1 Å². The molecule has 1 aromatic rings. The van der Waals surface area contributed by atoms with E-state index in [1.54, 1.807) is 0 Å². The van der Waals surface area contributed by atoms with Crippen LogP contribution in [0, 0.1) is 5.92 Å². The molecule has 0 aliphatic carbocycles. The molecule has 0 bridgehead atoms. The molecule has 1 aromatic carbocycles. The van der Waals surface area contributed by atoms with Crippen LogP contribution in [0.3, 0.4) is 0 Å². The number of nitrogens with one attached hydrogen (secondary N) is 1. The summed E-state index contributed by atoms with van der Waals surface area (Å²) in [5, 5.41) is 3.64.